The van der Waals surface area contributed by atoms with Crippen molar-refractivity contribution in [2.45, 2.75) is 19.9 Å². The van der Waals surface area contributed by atoms with Gasteiger partial charge in [0, 0.05) is 6.04 Å². The number of hydrogen-bond acceptors (Lipinski definition) is 5. The summed E-state index contributed by atoms with van der Waals surface area (Å²) in [6, 6.07) is 6.44. The summed E-state index contributed by atoms with van der Waals surface area (Å²) in [4.78, 5) is 35.9. The van der Waals surface area contributed by atoms with Gasteiger partial charge in [-0.3, -0.25) is 14.5 Å². The molecular weight excluding hydrogens is 306 g/mol. The minimum atomic E-state index is -1.05. The molecule has 22 heavy (non-hydrogen) atoms. The molecule has 0 saturated carbocycles. The van der Waals surface area contributed by atoms with E-state index in [0.717, 1.165) is 17.3 Å². The second-order valence-electron chi connectivity index (χ2n) is 4.90. The SMILES string of the molecule is CC(C)N1C(=O)S/C(=C/c2ccc(OCC(=O)O)cc2)C1=O. The molecule has 1 N–H and O–H groups in total. The van der Waals surface area contributed by atoms with Crippen molar-refractivity contribution >= 4 is 35.0 Å². The number of hydrogen-bond donors (Lipinski definition) is 1. The highest BCUT2D eigenvalue weighted by atomic mass is 32.2. The summed E-state index contributed by atoms with van der Waals surface area (Å²) in [6.07, 6.45) is 1.63. The van der Waals surface area contributed by atoms with Gasteiger partial charge < -0.3 is 9.84 Å². The average Bonchev–Trinajstić information content (AvgIpc) is 2.72. The van der Waals surface area contributed by atoms with Gasteiger partial charge in [0.15, 0.2) is 6.61 Å². The summed E-state index contributed by atoms with van der Waals surface area (Å²) in [5.74, 6) is -0.919. The largest absolute Gasteiger partial charge is 0.482 e. The van der Waals surface area contributed by atoms with E-state index in [2.05, 4.69) is 0 Å². The Balaban J connectivity index is 2.11. The zero-order chi connectivity index (χ0) is 16.3. The van der Waals surface area contributed by atoms with Gasteiger partial charge in [0.25, 0.3) is 11.1 Å². The van der Waals surface area contributed by atoms with Crippen LogP contribution in [0, 0.1) is 0 Å². The van der Waals surface area contributed by atoms with Crippen LogP contribution in [0.5, 0.6) is 5.75 Å². The van der Waals surface area contributed by atoms with Gasteiger partial charge >= 0.3 is 5.97 Å². The Morgan fingerprint density at radius 1 is 1.32 bits per heavy atom. The Morgan fingerprint density at radius 3 is 2.45 bits per heavy atom. The maximum absolute atomic E-state index is 12.1. The van der Waals surface area contributed by atoms with Crippen LogP contribution in [0.25, 0.3) is 6.08 Å². The first-order valence-corrected chi connectivity index (χ1v) is 7.42. The molecule has 2 rings (SSSR count). The van der Waals surface area contributed by atoms with Crippen molar-refractivity contribution in [2.24, 2.45) is 0 Å². The third-order valence-electron chi connectivity index (χ3n) is 2.88. The van der Waals surface area contributed by atoms with Crippen LogP contribution in [0.1, 0.15) is 19.4 Å². The third kappa shape index (κ3) is 3.67. The molecule has 1 saturated heterocycles. The second kappa shape index (κ2) is 6.65. The highest BCUT2D eigenvalue weighted by molar-refractivity contribution is 8.18. The maximum atomic E-state index is 12.1. The Morgan fingerprint density at radius 2 is 1.95 bits per heavy atom. The lowest BCUT2D eigenvalue weighted by atomic mass is 10.2. The van der Waals surface area contributed by atoms with E-state index in [-0.39, 0.29) is 17.2 Å². The molecule has 1 aliphatic rings. The van der Waals surface area contributed by atoms with Gasteiger partial charge in [0.2, 0.25) is 0 Å². The van der Waals surface area contributed by atoms with E-state index in [1.807, 2.05) is 0 Å². The highest BCUT2D eigenvalue weighted by Gasteiger charge is 2.36. The number of thioether (sulfide) groups is 1. The lowest BCUT2D eigenvalue weighted by molar-refractivity contribution is -0.139. The molecule has 1 aromatic rings. The van der Waals surface area contributed by atoms with Crippen molar-refractivity contribution < 1.29 is 24.2 Å². The molecule has 0 unspecified atom stereocenters. The van der Waals surface area contributed by atoms with E-state index in [9.17, 15) is 14.4 Å². The van der Waals surface area contributed by atoms with Gasteiger partial charge in [-0.15, -0.1) is 0 Å². The van der Waals surface area contributed by atoms with E-state index >= 15 is 0 Å². The summed E-state index contributed by atoms with van der Waals surface area (Å²) < 4.78 is 5.02. The van der Waals surface area contributed by atoms with Gasteiger partial charge in [-0.1, -0.05) is 12.1 Å². The molecule has 6 nitrogen and oxygen atoms in total. The van der Waals surface area contributed by atoms with Crippen molar-refractivity contribution in [1.82, 2.24) is 4.90 Å². The first-order valence-electron chi connectivity index (χ1n) is 6.60. The number of amides is 2. The van der Waals surface area contributed by atoms with Crippen molar-refractivity contribution in [3.63, 3.8) is 0 Å². The van der Waals surface area contributed by atoms with Gasteiger partial charge in [0.05, 0.1) is 4.91 Å². The van der Waals surface area contributed by atoms with Gasteiger partial charge in [-0.25, -0.2) is 4.79 Å². The van der Waals surface area contributed by atoms with Crippen LogP contribution < -0.4 is 4.74 Å². The topological polar surface area (TPSA) is 83.9 Å². The number of carbonyl (C=O) groups is 3. The first kappa shape index (κ1) is 16.1. The van der Waals surface area contributed by atoms with Crippen LogP contribution in [0.3, 0.4) is 0 Å². The first-order chi connectivity index (χ1) is 10.4. The van der Waals surface area contributed by atoms with Crippen LogP contribution in [-0.4, -0.2) is 39.8 Å². The Kier molecular flexibility index (Phi) is 4.87. The van der Waals surface area contributed by atoms with E-state index in [1.54, 1.807) is 44.2 Å². The minimum absolute atomic E-state index is 0.176. The lowest BCUT2D eigenvalue weighted by Gasteiger charge is -2.16. The fourth-order valence-electron chi connectivity index (χ4n) is 1.88. The molecular formula is C15H15NO5S. The predicted octanol–water partition coefficient (Wildman–Crippen LogP) is 2.59. The number of carbonyl (C=O) groups excluding carboxylic acids is 2. The smallest absolute Gasteiger partial charge is 0.341 e. The molecule has 1 fully saturated rings. The van der Waals surface area contributed by atoms with E-state index in [1.165, 1.54) is 4.90 Å². The molecule has 0 bridgehead atoms. The number of ether oxygens (including phenoxy) is 1. The summed E-state index contributed by atoms with van der Waals surface area (Å²) in [6.45, 7) is 3.16. The van der Waals surface area contributed by atoms with Gasteiger partial charge in [0.1, 0.15) is 5.75 Å². The number of carboxylic acid groups (broad SMARTS) is 1. The third-order valence-corrected chi connectivity index (χ3v) is 3.76. The lowest BCUT2D eigenvalue weighted by Crippen LogP contribution is -2.34. The molecule has 0 spiro atoms. The number of nitrogens with zero attached hydrogens (tertiary/aromatic N) is 1. The van der Waals surface area contributed by atoms with E-state index < -0.39 is 12.6 Å². The van der Waals surface area contributed by atoms with Crippen molar-refractivity contribution in [1.29, 1.82) is 0 Å². The zero-order valence-corrected chi connectivity index (χ0v) is 12.9. The summed E-state index contributed by atoms with van der Waals surface area (Å²) in [5.41, 5.74) is 0.733. The van der Waals surface area contributed by atoms with E-state index in [4.69, 9.17) is 9.84 Å². The number of aliphatic carboxylic acids is 1. The van der Waals surface area contributed by atoms with E-state index in [0.29, 0.717) is 10.7 Å². The maximum Gasteiger partial charge on any atom is 0.341 e. The summed E-state index contributed by atoms with van der Waals surface area (Å²) >= 11 is 0.913. The molecule has 0 aromatic heterocycles. The normalized spacial score (nSPS) is 16.7. The fourth-order valence-corrected chi connectivity index (χ4v) is 2.84. The number of benzene rings is 1. The number of carboxylic acids is 1. The highest BCUT2D eigenvalue weighted by Crippen LogP contribution is 2.33. The fraction of sp³-hybridized carbons (Fsp3) is 0.267. The second-order valence-corrected chi connectivity index (χ2v) is 5.89. The van der Waals surface area contributed by atoms with Crippen molar-refractivity contribution in [3.8, 4) is 5.75 Å². The van der Waals surface area contributed by atoms with Crippen LogP contribution in [0.2, 0.25) is 0 Å². The molecule has 1 aliphatic heterocycles. The quantitative estimate of drug-likeness (QED) is 0.839. The predicted molar refractivity (Wildman–Crippen MR) is 82.5 cm³/mol. The Bertz CT molecular complexity index is 636. The minimum Gasteiger partial charge on any atom is -0.482 e. The number of rotatable bonds is 5. The molecule has 2 amide bonds. The molecule has 0 atom stereocenters. The molecule has 0 radical (unpaired) electrons. The van der Waals surface area contributed by atoms with Crippen LogP contribution in [0.15, 0.2) is 29.2 Å². The monoisotopic (exact) mass is 321 g/mol. The van der Waals surface area contributed by atoms with Crippen molar-refractivity contribution in [3.05, 3.63) is 34.7 Å². The molecule has 7 heteroatoms. The van der Waals surface area contributed by atoms with Crippen LogP contribution in [0.4, 0.5) is 4.79 Å². The Labute approximate surface area is 131 Å². The zero-order valence-electron chi connectivity index (χ0n) is 12.1. The van der Waals surface area contributed by atoms with Crippen molar-refractivity contribution in [2.75, 3.05) is 6.61 Å². The summed E-state index contributed by atoms with van der Waals surface area (Å²) in [7, 11) is 0. The average molecular weight is 321 g/mol. The van der Waals surface area contributed by atoms with Gasteiger partial charge in [-0.05, 0) is 49.4 Å². The van der Waals surface area contributed by atoms with Crippen LogP contribution >= 0.6 is 11.8 Å². The molecule has 0 aliphatic carbocycles. The van der Waals surface area contributed by atoms with Gasteiger partial charge in [-0.2, -0.15) is 0 Å². The number of imide groups is 1. The molecule has 116 valence electrons. The molecule has 1 heterocycles. The standard InChI is InChI=1S/C15H15NO5S/c1-9(2)16-14(19)12(22-15(16)20)7-10-3-5-11(6-4-10)21-8-13(17)18/h3-7,9H,8H2,1-2H3,(H,17,18)/b12-7+. The van der Waals surface area contributed by atoms with Crippen LogP contribution in [-0.2, 0) is 9.59 Å². The summed E-state index contributed by atoms with van der Waals surface area (Å²) in [5, 5.41) is 8.26. The Hall–Kier alpha value is -2.28. The molecule has 1 aromatic carbocycles.